The number of aromatic nitrogens is 7. The van der Waals surface area contributed by atoms with E-state index in [9.17, 15) is 14.3 Å². The van der Waals surface area contributed by atoms with Gasteiger partial charge < -0.3 is 15.4 Å². The Bertz CT molecular complexity index is 1310. The van der Waals surface area contributed by atoms with E-state index in [1.807, 2.05) is 0 Å². The van der Waals surface area contributed by atoms with E-state index in [0.29, 0.717) is 34.1 Å². The molecule has 7 rings (SSSR count). The molecule has 0 amide bonds. The number of aromatic amines is 1. The average molecular weight is 422 g/mol. The van der Waals surface area contributed by atoms with Crippen LogP contribution < -0.4 is 5.32 Å². The lowest BCUT2D eigenvalue weighted by Gasteiger charge is -2.46. The van der Waals surface area contributed by atoms with Crippen LogP contribution in [0.4, 0.5) is 10.3 Å². The molecular weight excluding hydrogens is 403 g/mol. The Morgan fingerprint density at radius 1 is 1.19 bits per heavy atom. The van der Waals surface area contributed by atoms with Crippen molar-refractivity contribution in [2.75, 3.05) is 5.32 Å². The van der Waals surface area contributed by atoms with Crippen molar-refractivity contribution in [3.05, 3.63) is 30.6 Å². The fourth-order valence-corrected chi connectivity index (χ4v) is 5.27. The minimum absolute atomic E-state index is 0.162. The molecule has 4 heterocycles. The standard InChI is InChI=1S/C20H19FN8O2/c21-11-5-12-13(7-23-16(12)22-6-11)17-27-19-24-8-25-29(19)20(28-17)26-15-10-3-1-9(2-4-10)14(15)18(30)31/h5-10,14-15H,1-4H2,(H,22,23)(H,30,31)(H,24,25,26,27,28)/t9?,10?,14-,15-/m0/s1. The first kappa shape index (κ1) is 18.2. The number of pyridine rings is 1. The highest BCUT2D eigenvalue weighted by Gasteiger charge is 2.47. The summed E-state index contributed by atoms with van der Waals surface area (Å²) in [4.78, 5) is 32.4. The molecule has 0 aromatic carbocycles. The first-order valence-electron chi connectivity index (χ1n) is 10.3. The highest BCUT2D eigenvalue weighted by atomic mass is 19.1. The number of aliphatic carboxylic acids is 1. The van der Waals surface area contributed by atoms with Crippen molar-refractivity contribution < 1.29 is 14.3 Å². The van der Waals surface area contributed by atoms with E-state index in [2.05, 4.69) is 35.3 Å². The van der Waals surface area contributed by atoms with Gasteiger partial charge in [-0.15, -0.1) is 0 Å². The maximum atomic E-state index is 13.8. The zero-order valence-electron chi connectivity index (χ0n) is 16.4. The molecule has 158 valence electrons. The fraction of sp³-hybridized carbons (Fsp3) is 0.400. The number of fused-ring (bicyclic) bond motifs is 5. The molecule has 3 fully saturated rings. The monoisotopic (exact) mass is 422 g/mol. The van der Waals surface area contributed by atoms with Gasteiger partial charge in [-0.2, -0.15) is 24.6 Å². The van der Waals surface area contributed by atoms with Gasteiger partial charge in [0.1, 0.15) is 17.8 Å². The molecule has 0 unspecified atom stereocenters. The second kappa shape index (κ2) is 6.69. The molecule has 0 radical (unpaired) electrons. The van der Waals surface area contributed by atoms with E-state index in [4.69, 9.17) is 0 Å². The Hall–Kier alpha value is -3.63. The van der Waals surface area contributed by atoms with Gasteiger partial charge in [-0.1, -0.05) is 0 Å². The summed E-state index contributed by atoms with van der Waals surface area (Å²) in [7, 11) is 0. The van der Waals surface area contributed by atoms with Crippen LogP contribution in [0.3, 0.4) is 0 Å². The SMILES string of the molecule is O=C(O)[C@H]1C2CCC(CC2)[C@@H]1Nc1nc(-c2c[nH]c3ncc(F)cc23)nc2ncnn12. The summed E-state index contributed by atoms with van der Waals surface area (Å²) in [6.45, 7) is 0. The van der Waals surface area contributed by atoms with E-state index in [-0.39, 0.29) is 17.9 Å². The summed E-state index contributed by atoms with van der Waals surface area (Å²) in [5.41, 5.74) is 1.10. The number of rotatable bonds is 4. The molecular formula is C20H19FN8O2. The Morgan fingerprint density at radius 2 is 2.00 bits per heavy atom. The van der Waals surface area contributed by atoms with Crippen LogP contribution >= 0.6 is 0 Å². The van der Waals surface area contributed by atoms with Gasteiger partial charge in [-0.25, -0.2) is 9.37 Å². The lowest BCUT2D eigenvalue weighted by Crippen LogP contribution is -2.51. The third kappa shape index (κ3) is 2.83. The van der Waals surface area contributed by atoms with Gasteiger partial charge in [0, 0.05) is 23.2 Å². The second-order valence-electron chi connectivity index (χ2n) is 8.30. The minimum Gasteiger partial charge on any atom is -0.481 e. The summed E-state index contributed by atoms with van der Waals surface area (Å²) >= 11 is 0. The molecule has 31 heavy (non-hydrogen) atoms. The number of halogens is 1. The summed E-state index contributed by atoms with van der Waals surface area (Å²) in [5.74, 6) is -0.277. The maximum Gasteiger partial charge on any atom is 0.308 e. The summed E-state index contributed by atoms with van der Waals surface area (Å²) in [5, 5.41) is 18.0. The van der Waals surface area contributed by atoms with Crippen molar-refractivity contribution >= 4 is 28.7 Å². The smallest absolute Gasteiger partial charge is 0.308 e. The topological polar surface area (TPSA) is 134 Å². The van der Waals surface area contributed by atoms with E-state index in [1.165, 1.54) is 16.9 Å². The van der Waals surface area contributed by atoms with Crippen molar-refractivity contribution in [1.29, 1.82) is 0 Å². The van der Waals surface area contributed by atoms with E-state index in [1.54, 1.807) is 6.20 Å². The van der Waals surface area contributed by atoms with E-state index in [0.717, 1.165) is 31.9 Å². The van der Waals surface area contributed by atoms with E-state index >= 15 is 0 Å². The van der Waals surface area contributed by atoms with Crippen LogP contribution in [-0.4, -0.2) is 51.7 Å². The average Bonchev–Trinajstić information content (AvgIpc) is 3.41. The molecule has 3 saturated carbocycles. The highest BCUT2D eigenvalue weighted by Crippen LogP contribution is 2.46. The molecule has 3 aliphatic rings. The molecule has 10 nitrogen and oxygen atoms in total. The van der Waals surface area contributed by atoms with Gasteiger partial charge >= 0.3 is 5.97 Å². The lowest BCUT2D eigenvalue weighted by atomic mass is 9.61. The van der Waals surface area contributed by atoms with Crippen LogP contribution in [-0.2, 0) is 4.79 Å². The summed E-state index contributed by atoms with van der Waals surface area (Å²) < 4.78 is 15.3. The normalized spacial score (nSPS) is 25.3. The number of carbonyl (C=O) groups is 1. The number of nitrogens with zero attached hydrogens (tertiary/aromatic N) is 6. The Labute approximate surface area is 175 Å². The molecule has 4 aromatic rings. The summed E-state index contributed by atoms with van der Waals surface area (Å²) in [6.07, 6.45) is 8.07. The molecule has 3 N–H and O–H groups in total. The predicted octanol–water partition coefficient (Wildman–Crippen LogP) is 2.50. The van der Waals surface area contributed by atoms with Crippen LogP contribution in [0.5, 0.6) is 0 Å². The van der Waals surface area contributed by atoms with Crippen molar-refractivity contribution in [2.24, 2.45) is 17.8 Å². The minimum atomic E-state index is -0.783. The van der Waals surface area contributed by atoms with Crippen molar-refractivity contribution in [1.82, 2.24) is 34.5 Å². The quantitative estimate of drug-likeness (QED) is 0.457. The number of hydrogen-bond donors (Lipinski definition) is 3. The van der Waals surface area contributed by atoms with Gasteiger partial charge in [0.2, 0.25) is 5.95 Å². The molecule has 11 heteroatoms. The molecule has 0 saturated heterocycles. The molecule has 4 aromatic heterocycles. The zero-order valence-corrected chi connectivity index (χ0v) is 16.4. The molecule has 3 aliphatic carbocycles. The maximum absolute atomic E-state index is 13.8. The van der Waals surface area contributed by atoms with E-state index < -0.39 is 17.7 Å². The predicted molar refractivity (Wildman–Crippen MR) is 108 cm³/mol. The third-order valence-corrected chi connectivity index (χ3v) is 6.69. The number of anilines is 1. The molecule has 2 bridgehead atoms. The Morgan fingerprint density at radius 3 is 2.81 bits per heavy atom. The third-order valence-electron chi connectivity index (χ3n) is 6.69. The molecule has 2 atom stereocenters. The van der Waals surface area contributed by atoms with Crippen LogP contribution in [0.1, 0.15) is 25.7 Å². The lowest BCUT2D eigenvalue weighted by molar-refractivity contribution is -0.148. The summed E-state index contributed by atoms with van der Waals surface area (Å²) in [6, 6.07) is 1.13. The van der Waals surface area contributed by atoms with Crippen molar-refractivity contribution in [3.8, 4) is 11.4 Å². The van der Waals surface area contributed by atoms with Crippen LogP contribution in [0.25, 0.3) is 28.2 Å². The van der Waals surface area contributed by atoms with Crippen molar-refractivity contribution in [2.45, 2.75) is 31.7 Å². The first-order chi connectivity index (χ1) is 15.1. The number of carboxylic acid groups (broad SMARTS) is 1. The Balaban J connectivity index is 1.46. The van der Waals surface area contributed by atoms with Gasteiger partial charge in [-0.3, -0.25) is 4.79 Å². The second-order valence-corrected chi connectivity index (χ2v) is 8.30. The fourth-order valence-electron chi connectivity index (χ4n) is 5.27. The number of hydrogen-bond acceptors (Lipinski definition) is 7. The number of carboxylic acids is 1. The van der Waals surface area contributed by atoms with Gasteiger partial charge in [0.15, 0.2) is 5.82 Å². The van der Waals surface area contributed by atoms with Gasteiger partial charge in [0.25, 0.3) is 5.78 Å². The Kier molecular flexibility index (Phi) is 3.92. The first-order valence-corrected chi connectivity index (χ1v) is 10.3. The largest absolute Gasteiger partial charge is 0.481 e. The van der Waals surface area contributed by atoms with Crippen molar-refractivity contribution in [3.63, 3.8) is 0 Å². The van der Waals surface area contributed by atoms with Crippen LogP contribution in [0.2, 0.25) is 0 Å². The van der Waals surface area contributed by atoms with Crippen LogP contribution in [0.15, 0.2) is 24.8 Å². The molecule has 0 aliphatic heterocycles. The zero-order chi connectivity index (χ0) is 21.1. The van der Waals surface area contributed by atoms with Gasteiger partial charge in [0.05, 0.1) is 12.1 Å². The number of nitrogens with one attached hydrogen (secondary N) is 2. The number of H-pyrrole nitrogens is 1. The molecule has 0 spiro atoms. The van der Waals surface area contributed by atoms with Gasteiger partial charge in [-0.05, 0) is 43.6 Å². The van der Waals surface area contributed by atoms with Crippen LogP contribution in [0, 0.1) is 23.6 Å². The highest BCUT2D eigenvalue weighted by molar-refractivity contribution is 5.91.